The summed E-state index contributed by atoms with van der Waals surface area (Å²) in [6.07, 6.45) is 0.740. The van der Waals surface area contributed by atoms with Crippen molar-refractivity contribution in [3.8, 4) is 11.5 Å². The van der Waals surface area contributed by atoms with Crippen molar-refractivity contribution in [2.75, 3.05) is 20.8 Å². The van der Waals surface area contributed by atoms with E-state index in [-0.39, 0.29) is 5.56 Å². The average molecular weight is 539 g/mol. The van der Waals surface area contributed by atoms with Crippen molar-refractivity contribution in [2.45, 2.75) is 39.9 Å². The van der Waals surface area contributed by atoms with Gasteiger partial charge in [0.25, 0.3) is 5.56 Å². The van der Waals surface area contributed by atoms with Crippen molar-refractivity contribution < 1.29 is 9.47 Å². The number of aromatic amines is 1. The largest absolute Gasteiger partial charge is 0.493 e. The molecule has 9 heteroatoms. The maximum atomic E-state index is 13.1. The van der Waals surface area contributed by atoms with Gasteiger partial charge in [-0.1, -0.05) is 36.4 Å². The van der Waals surface area contributed by atoms with Crippen LogP contribution in [-0.2, 0) is 26.1 Å². The molecule has 2 aromatic heterocycles. The van der Waals surface area contributed by atoms with Crippen LogP contribution < -0.4 is 15.0 Å². The van der Waals surface area contributed by atoms with Crippen LogP contribution in [-0.4, -0.2) is 50.9 Å². The predicted octanol–water partition coefficient (Wildman–Crippen LogP) is 4.44. The Bertz CT molecular complexity index is 1660. The van der Waals surface area contributed by atoms with Gasteiger partial charge in [0, 0.05) is 24.2 Å². The Kier molecular flexibility index (Phi) is 8.21. The molecule has 0 bridgehead atoms. The second-order valence-electron chi connectivity index (χ2n) is 10.0. The normalized spacial score (nSPS) is 11.3. The Labute approximate surface area is 233 Å². The quantitative estimate of drug-likeness (QED) is 0.265. The zero-order chi connectivity index (χ0) is 28.1. The lowest BCUT2D eigenvalue weighted by Crippen LogP contribution is -2.30. The van der Waals surface area contributed by atoms with Gasteiger partial charge >= 0.3 is 0 Å². The van der Waals surface area contributed by atoms with E-state index >= 15 is 0 Å². The zero-order valence-electron chi connectivity index (χ0n) is 23.3. The SMILES string of the molecule is COc1ccc(CCN(Cc2cc3cc(C)c(C)cc3[nH]c2=O)Cc2nnnn2Cc2ccccc2)cc1OC. The Morgan fingerprint density at radius 1 is 0.875 bits per heavy atom. The number of ether oxygens (including phenoxy) is 2. The number of tetrazole rings is 1. The van der Waals surface area contributed by atoms with Crippen LogP contribution >= 0.6 is 0 Å². The summed E-state index contributed by atoms with van der Waals surface area (Å²) in [5.74, 6) is 2.12. The lowest BCUT2D eigenvalue weighted by molar-refractivity contribution is 0.247. The summed E-state index contributed by atoms with van der Waals surface area (Å²) in [6.45, 7) is 6.32. The molecule has 0 radical (unpaired) electrons. The van der Waals surface area contributed by atoms with Crippen molar-refractivity contribution in [1.82, 2.24) is 30.1 Å². The van der Waals surface area contributed by atoms with Gasteiger partial charge in [0.15, 0.2) is 17.3 Å². The van der Waals surface area contributed by atoms with E-state index < -0.39 is 0 Å². The fourth-order valence-corrected chi connectivity index (χ4v) is 4.83. The van der Waals surface area contributed by atoms with E-state index in [1.807, 2.05) is 53.2 Å². The molecular formula is C31H34N6O3. The summed E-state index contributed by atoms with van der Waals surface area (Å²) < 4.78 is 12.7. The van der Waals surface area contributed by atoms with E-state index in [1.54, 1.807) is 14.2 Å². The number of nitrogens with zero attached hydrogens (tertiary/aromatic N) is 5. The van der Waals surface area contributed by atoms with E-state index in [0.29, 0.717) is 43.2 Å². The molecule has 206 valence electrons. The minimum absolute atomic E-state index is 0.0873. The molecule has 0 atom stereocenters. The molecule has 0 aliphatic carbocycles. The van der Waals surface area contributed by atoms with Crippen molar-refractivity contribution >= 4 is 10.9 Å². The molecule has 2 heterocycles. The minimum Gasteiger partial charge on any atom is -0.493 e. The minimum atomic E-state index is -0.0873. The second-order valence-corrected chi connectivity index (χ2v) is 10.0. The van der Waals surface area contributed by atoms with Crippen LogP contribution in [0.4, 0.5) is 0 Å². The Hall–Kier alpha value is -4.50. The molecule has 0 amide bonds. The molecule has 0 unspecified atom stereocenters. The molecule has 1 N–H and O–H groups in total. The average Bonchev–Trinajstić information content (AvgIpc) is 3.39. The highest BCUT2D eigenvalue weighted by Crippen LogP contribution is 2.28. The number of hydrogen-bond acceptors (Lipinski definition) is 7. The van der Waals surface area contributed by atoms with E-state index in [1.165, 1.54) is 5.56 Å². The number of fused-ring (bicyclic) bond motifs is 1. The first kappa shape index (κ1) is 27.1. The molecule has 0 saturated heterocycles. The van der Waals surface area contributed by atoms with Gasteiger partial charge in [0.1, 0.15) is 0 Å². The fourth-order valence-electron chi connectivity index (χ4n) is 4.83. The number of nitrogens with one attached hydrogen (secondary N) is 1. The lowest BCUT2D eigenvalue weighted by atomic mass is 10.0. The maximum absolute atomic E-state index is 13.1. The molecule has 9 nitrogen and oxygen atoms in total. The fraction of sp³-hybridized carbons (Fsp3) is 0.290. The summed E-state index contributed by atoms with van der Waals surface area (Å²) in [5.41, 5.74) is 6.02. The van der Waals surface area contributed by atoms with Crippen LogP contribution in [0.5, 0.6) is 11.5 Å². The highest BCUT2D eigenvalue weighted by Gasteiger charge is 2.16. The number of benzene rings is 3. The second kappa shape index (κ2) is 12.1. The number of rotatable bonds is 11. The highest BCUT2D eigenvalue weighted by molar-refractivity contribution is 5.80. The van der Waals surface area contributed by atoms with Gasteiger partial charge in [-0.3, -0.25) is 9.69 Å². The third-order valence-corrected chi connectivity index (χ3v) is 7.24. The number of hydrogen-bond donors (Lipinski definition) is 1. The summed E-state index contributed by atoms with van der Waals surface area (Å²) >= 11 is 0. The standard InChI is InChI=1S/C31H34N6O3/c1-21-14-25-17-26(31(38)32-27(25)15-22(21)2)19-36(13-12-23-10-11-28(39-3)29(16-23)40-4)20-30-33-34-35-37(30)18-24-8-6-5-7-9-24/h5-11,14-17H,12-13,18-20H2,1-4H3,(H,32,38). The number of aryl methyl sites for hydroxylation is 2. The van der Waals surface area contributed by atoms with Crippen molar-refractivity contribution in [2.24, 2.45) is 0 Å². The summed E-state index contributed by atoms with van der Waals surface area (Å²) in [5, 5.41) is 13.5. The topological polar surface area (TPSA) is 98.2 Å². The first-order valence-corrected chi connectivity index (χ1v) is 13.3. The molecule has 3 aromatic carbocycles. The van der Waals surface area contributed by atoms with Crippen molar-refractivity contribution in [1.29, 1.82) is 0 Å². The first-order chi connectivity index (χ1) is 19.4. The molecule has 0 aliphatic heterocycles. The van der Waals surface area contributed by atoms with E-state index in [0.717, 1.165) is 39.8 Å². The maximum Gasteiger partial charge on any atom is 0.252 e. The van der Waals surface area contributed by atoms with Crippen LogP contribution in [0.25, 0.3) is 10.9 Å². The van der Waals surface area contributed by atoms with Gasteiger partial charge in [-0.15, -0.1) is 5.10 Å². The Morgan fingerprint density at radius 2 is 1.65 bits per heavy atom. The summed E-state index contributed by atoms with van der Waals surface area (Å²) in [4.78, 5) is 18.4. The molecule has 0 fully saturated rings. The van der Waals surface area contributed by atoms with E-state index in [9.17, 15) is 4.79 Å². The van der Waals surface area contributed by atoms with Gasteiger partial charge in [-0.25, -0.2) is 4.68 Å². The molecular weight excluding hydrogens is 504 g/mol. The third kappa shape index (κ3) is 6.21. The van der Waals surface area contributed by atoms with Gasteiger partial charge in [-0.05, 0) is 88.7 Å². The lowest BCUT2D eigenvalue weighted by Gasteiger charge is -2.22. The molecule has 5 aromatic rings. The molecule has 40 heavy (non-hydrogen) atoms. The van der Waals surface area contributed by atoms with Gasteiger partial charge in [-0.2, -0.15) is 0 Å². The van der Waals surface area contributed by atoms with Gasteiger partial charge in [0.2, 0.25) is 0 Å². The van der Waals surface area contributed by atoms with E-state index in [2.05, 4.69) is 57.5 Å². The van der Waals surface area contributed by atoms with Crippen LogP contribution in [0.15, 0.2) is 71.5 Å². The van der Waals surface area contributed by atoms with E-state index in [4.69, 9.17) is 9.47 Å². The van der Waals surface area contributed by atoms with Gasteiger partial charge in [0.05, 0.1) is 27.3 Å². The smallest absolute Gasteiger partial charge is 0.252 e. The predicted molar refractivity (Wildman–Crippen MR) is 155 cm³/mol. The van der Waals surface area contributed by atoms with Crippen molar-refractivity contribution in [3.63, 3.8) is 0 Å². The van der Waals surface area contributed by atoms with Crippen LogP contribution in [0.2, 0.25) is 0 Å². The summed E-state index contributed by atoms with van der Waals surface area (Å²) in [7, 11) is 3.26. The summed E-state index contributed by atoms with van der Waals surface area (Å²) in [6, 6.07) is 22.2. The number of methoxy groups -OCH3 is 2. The molecule has 0 aliphatic rings. The molecule has 0 saturated carbocycles. The van der Waals surface area contributed by atoms with Crippen LogP contribution in [0, 0.1) is 13.8 Å². The van der Waals surface area contributed by atoms with Crippen LogP contribution in [0.3, 0.4) is 0 Å². The van der Waals surface area contributed by atoms with Gasteiger partial charge < -0.3 is 14.5 Å². The van der Waals surface area contributed by atoms with Crippen molar-refractivity contribution in [3.05, 3.63) is 111 Å². The monoisotopic (exact) mass is 538 g/mol. The first-order valence-electron chi connectivity index (χ1n) is 13.3. The highest BCUT2D eigenvalue weighted by atomic mass is 16.5. The number of aromatic nitrogens is 5. The third-order valence-electron chi connectivity index (χ3n) is 7.24. The zero-order valence-corrected chi connectivity index (χ0v) is 23.3. The number of H-pyrrole nitrogens is 1. The number of pyridine rings is 1. The van der Waals surface area contributed by atoms with Crippen LogP contribution in [0.1, 0.15) is 33.6 Å². The Balaban J connectivity index is 1.42. The molecule has 5 rings (SSSR count). The molecule has 0 spiro atoms. The Morgan fingerprint density at radius 3 is 2.42 bits per heavy atom.